The number of nitro benzene ring substituents is 1. The minimum absolute atomic E-state index is 0.0347. The zero-order valence-corrected chi connectivity index (χ0v) is 10.1. The summed E-state index contributed by atoms with van der Waals surface area (Å²) >= 11 is 1.41. The van der Waals surface area contributed by atoms with Gasteiger partial charge in [0, 0.05) is 17.1 Å². The van der Waals surface area contributed by atoms with Gasteiger partial charge < -0.3 is 0 Å². The van der Waals surface area contributed by atoms with E-state index in [0.717, 1.165) is 5.75 Å². The van der Waals surface area contributed by atoms with E-state index in [1.54, 1.807) is 12.1 Å². The molecular formula is C10H12N2O4S. The highest BCUT2D eigenvalue weighted by molar-refractivity contribution is 7.99. The number of nitrogens with zero attached hydrogens (tertiary/aromatic N) is 2. The van der Waals surface area contributed by atoms with Crippen molar-refractivity contribution in [1.29, 1.82) is 0 Å². The van der Waals surface area contributed by atoms with Crippen LogP contribution in [0.3, 0.4) is 0 Å². The first-order chi connectivity index (χ1) is 8.04. The molecule has 1 rings (SSSR count). The van der Waals surface area contributed by atoms with E-state index in [4.69, 9.17) is 0 Å². The third-order valence-electron chi connectivity index (χ3n) is 2.14. The second-order valence-corrected chi connectivity index (χ2v) is 4.79. The molecule has 17 heavy (non-hydrogen) atoms. The summed E-state index contributed by atoms with van der Waals surface area (Å²) < 4.78 is 0. The Morgan fingerprint density at radius 3 is 2.59 bits per heavy atom. The van der Waals surface area contributed by atoms with E-state index in [-0.39, 0.29) is 17.5 Å². The van der Waals surface area contributed by atoms with Crippen LogP contribution in [0.5, 0.6) is 0 Å². The monoisotopic (exact) mass is 256 g/mol. The van der Waals surface area contributed by atoms with Crippen LogP contribution in [0, 0.1) is 20.2 Å². The van der Waals surface area contributed by atoms with Crippen LogP contribution in [0.4, 0.5) is 5.69 Å². The number of benzene rings is 1. The van der Waals surface area contributed by atoms with E-state index in [2.05, 4.69) is 0 Å². The van der Waals surface area contributed by atoms with Crippen molar-refractivity contribution in [2.75, 3.05) is 12.3 Å². The molecule has 1 unspecified atom stereocenters. The summed E-state index contributed by atoms with van der Waals surface area (Å²) in [6.07, 6.45) is 0. The van der Waals surface area contributed by atoms with Crippen molar-refractivity contribution in [3.63, 3.8) is 0 Å². The van der Waals surface area contributed by atoms with E-state index in [0.29, 0.717) is 5.56 Å². The van der Waals surface area contributed by atoms with Crippen LogP contribution < -0.4 is 0 Å². The van der Waals surface area contributed by atoms with E-state index >= 15 is 0 Å². The molecule has 92 valence electrons. The molecule has 1 aromatic rings. The highest BCUT2D eigenvalue weighted by Gasteiger charge is 2.19. The van der Waals surface area contributed by atoms with Crippen LogP contribution in [0.2, 0.25) is 0 Å². The number of rotatable bonds is 6. The van der Waals surface area contributed by atoms with E-state index < -0.39 is 9.85 Å². The number of hydrogen-bond acceptors (Lipinski definition) is 5. The third kappa shape index (κ3) is 4.03. The van der Waals surface area contributed by atoms with Gasteiger partial charge in [0.2, 0.25) is 6.54 Å². The Bertz CT molecular complexity index is 425. The molecule has 0 aliphatic rings. The first-order valence-electron chi connectivity index (χ1n) is 5.02. The quantitative estimate of drug-likeness (QED) is 0.576. The molecule has 1 aromatic carbocycles. The maximum absolute atomic E-state index is 10.6. The zero-order valence-electron chi connectivity index (χ0n) is 9.24. The summed E-state index contributed by atoms with van der Waals surface area (Å²) in [6, 6.07) is 6.01. The van der Waals surface area contributed by atoms with Crippen LogP contribution in [-0.2, 0) is 0 Å². The van der Waals surface area contributed by atoms with Crippen molar-refractivity contribution in [2.24, 2.45) is 0 Å². The minimum Gasteiger partial charge on any atom is -0.264 e. The molecule has 0 N–H and O–H groups in total. The van der Waals surface area contributed by atoms with Crippen LogP contribution in [-0.4, -0.2) is 22.1 Å². The van der Waals surface area contributed by atoms with Gasteiger partial charge in [-0.25, -0.2) is 0 Å². The molecule has 6 nitrogen and oxygen atoms in total. The Balaban J connectivity index is 2.96. The summed E-state index contributed by atoms with van der Waals surface area (Å²) in [7, 11) is 0. The predicted octanol–water partition coefficient (Wildman–Crippen LogP) is 2.67. The highest BCUT2D eigenvalue weighted by atomic mass is 32.2. The fraction of sp³-hybridized carbons (Fsp3) is 0.400. The number of nitro groups is 2. The van der Waals surface area contributed by atoms with E-state index in [1.807, 2.05) is 6.92 Å². The molecular weight excluding hydrogens is 244 g/mol. The number of non-ortho nitro benzene ring substituents is 1. The van der Waals surface area contributed by atoms with Crippen molar-refractivity contribution in [3.8, 4) is 0 Å². The lowest BCUT2D eigenvalue weighted by molar-refractivity contribution is -0.479. The summed E-state index contributed by atoms with van der Waals surface area (Å²) in [6.45, 7) is 1.68. The standard InChI is InChI=1S/C10H12N2O4S/c1-2-17-10(7-11(13)14)8-4-3-5-9(6-8)12(15)16/h3-6,10H,2,7H2,1H3. The molecule has 1 atom stereocenters. The lowest BCUT2D eigenvalue weighted by Gasteiger charge is -2.11. The van der Waals surface area contributed by atoms with Gasteiger partial charge in [-0.15, -0.1) is 11.8 Å². The maximum atomic E-state index is 10.6. The number of thioether (sulfide) groups is 1. The largest absolute Gasteiger partial charge is 0.269 e. The molecule has 0 spiro atoms. The lowest BCUT2D eigenvalue weighted by atomic mass is 10.1. The minimum atomic E-state index is -0.497. The van der Waals surface area contributed by atoms with Crippen LogP contribution in [0.1, 0.15) is 17.7 Å². The Kier molecular flexibility index (Phi) is 4.89. The van der Waals surface area contributed by atoms with Crippen molar-refractivity contribution < 1.29 is 9.85 Å². The zero-order chi connectivity index (χ0) is 12.8. The van der Waals surface area contributed by atoms with Gasteiger partial charge in [0.05, 0.1) is 10.2 Å². The maximum Gasteiger partial charge on any atom is 0.269 e. The van der Waals surface area contributed by atoms with Crippen molar-refractivity contribution in [2.45, 2.75) is 12.2 Å². The molecule has 0 amide bonds. The van der Waals surface area contributed by atoms with Crippen molar-refractivity contribution in [3.05, 3.63) is 50.1 Å². The average Bonchev–Trinajstić information content (AvgIpc) is 2.28. The summed E-state index contributed by atoms with van der Waals surface area (Å²) in [5, 5.41) is 20.8. The van der Waals surface area contributed by atoms with Gasteiger partial charge in [-0.2, -0.15) is 0 Å². The van der Waals surface area contributed by atoms with Gasteiger partial charge in [0.25, 0.3) is 5.69 Å². The van der Waals surface area contributed by atoms with Crippen LogP contribution in [0.25, 0.3) is 0 Å². The Hall–Kier alpha value is -1.63. The second-order valence-electron chi connectivity index (χ2n) is 3.31. The molecule has 0 fully saturated rings. The first-order valence-corrected chi connectivity index (χ1v) is 6.07. The van der Waals surface area contributed by atoms with Gasteiger partial charge >= 0.3 is 0 Å². The molecule has 0 radical (unpaired) electrons. The molecule has 0 aliphatic heterocycles. The molecule has 0 heterocycles. The van der Waals surface area contributed by atoms with Gasteiger partial charge in [0.15, 0.2) is 0 Å². The molecule has 0 saturated heterocycles. The highest BCUT2D eigenvalue weighted by Crippen LogP contribution is 2.30. The number of hydrogen-bond donors (Lipinski definition) is 0. The molecule has 0 aliphatic carbocycles. The third-order valence-corrected chi connectivity index (χ3v) is 3.29. The fourth-order valence-corrected chi connectivity index (χ4v) is 2.40. The van der Waals surface area contributed by atoms with Crippen LogP contribution >= 0.6 is 11.8 Å². The summed E-state index contributed by atoms with van der Waals surface area (Å²) in [4.78, 5) is 20.3. The normalized spacial score (nSPS) is 12.1. The molecule has 0 aromatic heterocycles. The van der Waals surface area contributed by atoms with E-state index in [1.165, 1.54) is 23.9 Å². The molecule has 7 heteroatoms. The Morgan fingerprint density at radius 1 is 1.35 bits per heavy atom. The topological polar surface area (TPSA) is 86.3 Å². The predicted molar refractivity (Wildman–Crippen MR) is 65.8 cm³/mol. The van der Waals surface area contributed by atoms with Crippen LogP contribution in [0.15, 0.2) is 24.3 Å². The van der Waals surface area contributed by atoms with Crippen molar-refractivity contribution >= 4 is 17.4 Å². The van der Waals surface area contributed by atoms with Gasteiger partial charge in [0.1, 0.15) is 0 Å². The Morgan fingerprint density at radius 2 is 2.06 bits per heavy atom. The fourth-order valence-electron chi connectivity index (χ4n) is 1.43. The van der Waals surface area contributed by atoms with E-state index in [9.17, 15) is 20.2 Å². The van der Waals surface area contributed by atoms with Gasteiger partial charge in [-0.3, -0.25) is 20.2 Å². The average molecular weight is 256 g/mol. The van der Waals surface area contributed by atoms with Gasteiger partial charge in [-0.1, -0.05) is 19.1 Å². The van der Waals surface area contributed by atoms with Crippen molar-refractivity contribution in [1.82, 2.24) is 0 Å². The molecule has 0 saturated carbocycles. The molecule has 0 bridgehead atoms. The smallest absolute Gasteiger partial charge is 0.264 e. The lowest BCUT2D eigenvalue weighted by Crippen LogP contribution is -2.10. The second kappa shape index (κ2) is 6.19. The SMILES string of the molecule is CCSC(C[N+](=O)[O-])c1cccc([N+](=O)[O-])c1. The summed E-state index contributed by atoms with van der Waals surface area (Å²) in [5.74, 6) is 0.723. The van der Waals surface area contributed by atoms with Gasteiger partial charge in [-0.05, 0) is 11.3 Å². The summed E-state index contributed by atoms with van der Waals surface area (Å²) in [5.41, 5.74) is 0.593. The first kappa shape index (κ1) is 13.4. The Labute approximate surface area is 102 Å².